The van der Waals surface area contributed by atoms with Gasteiger partial charge < -0.3 is 20.4 Å². The summed E-state index contributed by atoms with van der Waals surface area (Å²) in [6.07, 6.45) is 12.4. The number of carboxylic acids is 1. The second-order valence-electron chi connectivity index (χ2n) is 6.26. The van der Waals surface area contributed by atoms with E-state index in [-0.39, 0.29) is 36.0 Å². The number of aliphatic carboxylic acids is 1. The van der Waals surface area contributed by atoms with Crippen LogP contribution in [0.25, 0.3) is 0 Å². The Morgan fingerprint density at radius 3 is 1.76 bits per heavy atom. The minimum absolute atomic E-state index is 0. The molecule has 0 bridgehead atoms. The van der Waals surface area contributed by atoms with Crippen LogP contribution in [0.4, 0.5) is 0 Å². The number of carbonyl (C=O) groups is 3. The monoisotopic (exact) mass is 365 g/mol. The van der Waals surface area contributed by atoms with Crippen LogP contribution in [-0.2, 0) is 19.1 Å². The molecule has 140 valence electrons. The molecular formula is C18H32NNaO5. The summed E-state index contributed by atoms with van der Waals surface area (Å²) in [7, 11) is 0. The van der Waals surface area contributed by atoms with E-state index in [2.05, 4.69) is 11.7 Å². The van der Waals surface area contributed by atoms with Crippen LogP contribution in [0.5, 0.6) is 0 Å². The fraction of sp³-hybridized carbons (Fsp3) is 0.833. The first kappa shape index (κ1) is 26.8. The third kappa shape index (κ3) is 18.2. The normalized spacial score (nSPS) is 11.4. The first-order valence-corrected chi connectivity index (χ1v) is 9.17. The fourth-order valence-electron chi connectivity index (χ4n) is 2.44. The van der Waals surface area contributed by atoms with E-state index in [0.29, 0.717) is 6.42 Å². The Kier molecular flexibility index (Phi) is 19.7. The molecule has 2 N–H and O–H groups in total. The van der Waals surface area contributed by atoms with Crippen molar-refractivity contribution in [3.05, 3.63) is 0 Å². The van der Waals surface area contributed by atoms with Crippen molar-refractivity contribution in [3.63, 3.8) is 0 Å². The van der Waals surface area contributed by atoms with E-state index in [0.717, 1.165) is 19.3 Å². The molecule has 0 aromatic rings. The molecule has 1 atom stereocenters. The van der Waals surface area contributed by atoms with Crippen molar-refractivity contribution in [2.24, 2.45) is 5.73 Å². The fourth-order valence-corrected chi connectivity index (χ4v) is 2.44. The van der Waals surface area contributed by atoms with Crippen molar-refractivity contribution in [2.45, 2.75) is 96.4 Å². The molecule has 0 aliphatic carbocycles. The number of unbranched alkanes of at least 4 members (excludes halogenated alkanes) is 10. The molecule has 25 heavy (non-hydrogen) atoms. The zero-order valence-electron chi connectivity index (χ0n) is 15.9. The molecule has 0 heterocycles. The summed E-state index contributed by atoms with van der Waals surface area (Å²) in [4.78, 5) is 33.1. The van der Waals surface area contributed by atoms with Gasteiger partial charge in [-0.25, -0.2) is 4.79 Å². The van der Waals surface area contributed by atoms with Gasteiger partial charge in [0.05, 0.1) is 0 Å². The SMILES string of the molecule is CCCCCCCCCCCCCC(=O)OC(=O)[C@@H](N)CC(=O)[O-].[Na+]. The van der Waals surface area contributed by atoms with Gasteiger partial charge in [0.1, 0.15) is 6.04 Å². The Labute approximate surface area is 173 Å². The molecule has 0 fully saturated rings. The standard InChI is InChI=1S/C18H33NO5.Na/c1-2-3-4-5-6-7-8-9-10-11-12-13-17(22)24-18(23)15(19)14-16(20)21;/h15H,2-14,19H2,1H3,(H,20,21);/q;+1/p-1/t15-;/m0./s1. The molecule has 0 rings (SSSR count). The van der Waals surface area contributed by atoms with Crippen molar-refractivity contribution in [1.29, 1.82) is 0 Å². The number of ether oxygens (including phenoxy) is 1. The second-order valence-corrected chi connectivity index (χ2v) is 6.26. The van der Waals surface area contributed by atoms with Crippen molar-refractivity contribution < 1.29 is 53.8 Å². The van der Waals surface area contributed by atoms with Crippen LogP contribution in [0.15, 0.2) is 0 Å². The zero-order valence-corrected chi connectivity index (χ0v) is 17.9. The van der Waals surface area contributed by atoms with E-state index in [1.807, 2.05) is 0 Å². The maximum atomic E-state index is 11.4. The van der Waals surface area contributed by atoms with E-state index >= 15 is 0 Å². The molecule has 0 saturated heterocycles. The van der Waals surface area contributed by atoms with Crippen molar-refractivity contribution in [2.75, 3.05) is 0 Å². The van der Waals surface area contributed by atoms with Crippen molar-refractivity contribution in [3.8, 4) is 0 Å². The average molecular weight is 365 g/mol. The van der Waals surface area contributed by atoms with Gasteiger partial charge in [-0.15, -0.1) is 0 Å². The van der Waals surface area contributed by atoms with Crippen LogP contribution in [0.2, 0.25) is 0 Å². The van der Waals surface area contributed by atoms with Gasteiger partial charge in [0.25, 0.3) is 0 Å². The summed E-state index contributed by atoms with van der Waals surface area (Å²) < 4.78 is 4.51. The van der Waals surface area contributed by atoms with Gasteiger partial charge >= 0.3 is 41.5 Å². The number of hydrogen-bond acceptors (Lipinski definition) is 6. The number of hydrogen-bond donors (Lipinski definition) is 1. The molecule has 0 aromatic heterocycles. The third-order valence-electron chi connectivity index (χ3n) is 3.89. The van der Waals surface area contributed by atoms with E-state index < -0.39 is 30.4 Å². The van der Waals surface area contributed by atoms with Gasteiger partial charge in [-0.1, -0.05) is 71.1 Å². The average Bonchev–Trinajstić information content (AvgIpc) is 2.51. The molecule has 7 heteroatoms. The van der Waals surface area contributed by atoms with Gasteiger partial charge in [0.15, 0.2) is 0 Å². The Morgan fingerprint density at radius 2 is 1.32 bits per heavy atom. The van der Waals surface area contributed by atoms with E-state index in [1.54, 1.807) is 0 Å². The Morgan fingerprint density at radius 1 is 0.880 bits per heavy atom. The molecular weight excluding hydrogens is 333 g/mol. The molecule has 0 unspecified atom stereocenters. The number of carbonyl (C=O) groups excluding carboxylic acids is 3. The first-order chi connectivity index (χ1) is 11.5. The van der Waals surface area contributed by atoms with Gasteiger partial charge in [-0.3, -0.25) is 4.79 Å². The van der Waals surface area contributed by atoms with Gasteiger partial charge in [-0.05, 0) is 6.42 Å². The Balaban J connectivity index is 0. The largest absolute Gasteiger partial charge is 1.00 e. The number of carboxylic acid groups (broad SMARTS) is 1. The molecule has 6 nitrogen and oxygen atoms in total. The summed E-state index contributed by atoms with van der Waals surface area (Å²) in [5, 5.41) is 10.3. The summed E-state index contributed by atoms with van der Waals surface area (Å²) in [5.41, 5.74) is 5.28. The molecule has 0 aliphatic rings. The summed E-state index contributed by atoms with van der Waals surface area (Å²) in [6, 6.07) is -1.35. The van der Waals surface area contributed by atoms with Crippen molar-refractivity contribution in [1.82, 2.24) is 0 Å². The van der Waals surface area contributed by atoms with Gasteiger partial charge in [-0.2, -0.15) is 0 Å². The molecule has 0 radical (unpaired) electrons. The third-order valence-corrected chi connectivity index (χ3v) is 3.89. The van der Waals surface area contributed by atoms with E-state index in [4.69, 9.17) is 5.73 Å². The predicted molar refractivity (Wildman–Crippen MR) is 89.8 cm³/mol. The molecule has 0 aromatic carbocycles. The van der Waals surface area contributed by atoms with Crippen LogP contribution in [0.1, 0.15) is 90.4 Å². The van der Waals surface area contributed by atoms with Crippen LogP contribution < -0.4 is 40.4 Å². The molecule has 0 amide bonds. The van der Waals surface area contributed by atoms with Gasteiger partial charge in [0, 0.05) is 18.8 Å². The van der Waals surface area contributed by atoms with Crippen LogP contribution in [0, 0.1) is 0 Å². The zero-order chi connectivity index (χ0) is 18.2. The Hall–Kier alpha value is -0.430. The molecule has 0 aliphatic heterocycles. The van der Waals surface area contributed by atoms with Crippen LogP contribution >= 0.6 is 0 Å². The number of rotatable bonds is 15. The van der Waals surface area contributed by atoms with Gasteiger partial charge in [0.2, 0.25) is 0 Å². The Bertz CT molecular complexity index is 376. The first-order valence-electron chi connectivity index (χ1n) is 9.17. The van der Waals surface area contributed by atoms with E-state index in [1.165, 1.54) is 44.9 Å². The summed E-state index contributed by atoms with van der Waals surface area (Å²) in [5.74, 6) is -3.10. The quantitative estimate of drug-likeness (QED) is 0.177. The second kappa shape index (κ2) is 18.4. The minimum atomic E-state index is -1.45. The van der Waals surface area contributed by atoms with E-state index in [9.17, 15) is 19.5 Å². The van der Waals surface area contributed by atoms with Crippen molar-refractivity contribution >= 4 is 17.9 Å². The topological polar surface area (TPSA) is 110 Å². The number of nitrogens with two attached hydrogens (primary N) is 1. The maximum Gasteiger partial charge on any atom is 1.00 e. The smallest absolute Gasteiger partial charge is 0.550 e. The molecule has 0 spiro atoms. The number of esters is 2. The predicted octanol–water partition coefficient (Wildman–Crippen LogP) is -0.771. The summed E-state index contributed by atoms with van der Waals surface area (Å²) in [6.45, 7) is 2.22. The minimum Gasteiger partial charge on any atom is -0.550 e. The molecule has 0 saturated carbocycles. The van der Waals surface area contributed by atoms with Crippen LogP contribution in [0.3, 0.4) is 0 Å². The van der Waals surface area contributed by atoms with Crippen LogP contribution in [-0.4, -0.2) is 23.9 Å². The summed E-state index contributed by atoms with van der Waals surface area (Å²) >= 11 is 0. The maximum absolute atomic E-state index is 11.4.